The Labute approximate surface area is 153 Å². The summed E-state index contributed by atoms with van der Waals surface area (Å²) in [6.45, 7) is 7.04. The summed E-state index contributed by atoms with van der Waals surface area (Å²) in [5, 5.41) is 13.5. The van der Waals surface area contributed by atoms with Crippen molar-refractivity contribution in [2.24, 2.45) is 0 Å². The Morgan fingerprint density at radius 2 is 2.04 bits per heavy atom. The maximum absolute atomic E-state index is 12.5. The van der Waals surface area contributed by atoms with E-state index in [0.717, 1.165) is 60.0 Å². The van der Waals surface area contributed by atoms with Gasteiger partial charge in [0, 0.05) is 42.8 Å². The molecule has 1 amide bonds. The molecule has 1 aliphatic heterocycles. The second-order valence-corrected chi connectivity index (χ2v) is 6.94. The predicted molar refractivity (Wildman–Crippen MR) is 95.5 cm³/mol. The lowest BCUT2D eigenvalue weighted by atomic mass is 9.90. The summed E-state index contributed by atoms with van der Waals surface area (Å²) in [4.78, 5) is 23.2. The third kappa shape index (κ3) is 3.93. The molecule has 0 saturated carbocycles. The second kappa shape index (κ2) is 7.95. The molecule has 7 nitrogen and oxygen atoms in total. The Balaban J connectivity index is 1.57. The van der Waals surface area contributed by atoms with Gasteiger partial charge in [-0.05, 0) is 40.0 Å². The zero-order chi connectivity index (χ0) is 18.7. The summed E-state index contributed by atoms with van der Waals surface area (Å²) in [5.41, 5.74) is 3.63. The molecule has 0 radical (unpaired) electrons. The van der Waals surface area contributed by atoms with E-state index < -0.39 is 0 Å². The zero-order valence-corrected chi connectivity index (χ0v) is 15.7. The molecule has 140 valence electrons. The minimum absolute atomic E-state index is 0.0494. The van der Waals surface area contributed by atoms with E-state index in [2.05, 4.69) is 15.1 Å². The van der Waals surface area contributed by atoms with Gasteiger partial charge in [0.05, 0.1) is 18.0 Å². The number of hydrogen-bond acceptors (Lipinski definition) is 6. The average Bonchev–Trinajstić information content (AvgIpc) is 2.97. The van der Waals surface area contributed by atoms with E-state index in [-0.39, 0.29) is 18.4 Å². The minimum Gasteiger partial charge on any atom is -0.392 e. The van der Waals surface area contributed by atoms with Crippen molar-refractivity contribution in [2.75, 3.05) is 13.1 Å². The fourth-order valence-corrected chi connectivity index (χ4v) is 3.64. The number of amides is 1. The van der Waals surface area contributed by atoms with Gasteiger partial charge in [0.15, 0.2) is 0 Å². The van der Waals surface area contributed by atoms with Crippen LogP contribution in [-0.2, 0) is 17.8 Å². The molecule has 1 saturated heterocycles. The van der Waals surface area contributed by atoms with Crippen LogP contribution in [0.2, 0.25) is 0 Å². The highest BCUT2D eigenvalue weighted by atomic mass is 16.5. The number of piperidine rings is 1. The molecule has 0 unspecified atom stereocenters. The highest BCUT2D eigenvalue weighted by molar-refractivity contribution is 5.76. The molecule has 1 fully saturated rings. The highest BCUT2D eigenvalue weighted by Gasteiger charge is 2.26. The highest BCUT2D eigenvalue weighted by Crippen LogP contribution is 2.29. The quantitative estimate of drug-likeness (QED) is 0.881. The van der Waals surface area contributed by atoms with Crippen LogP contribution in [0.25, 0.3) is 0 Å². The van der Waals surface area contributed by atoms with Crippen molar-refractivity contribution in [3.8, 4) is 0 Å². The van der Waals surface area contributed by atoms with E-state index in [4.69, 9.17) is 4.52 Å². The van der Waals surface area contributed by atoms with E-state index in [1.165, 1.54) is 0 Å². The SMILES string of the molecule is Cc1ncc(CO)c(C2CCN(C(=O)CCc3c(C)noc3C)CC2)n1. The second-order valence-electron chi connectivity index (χ2n) is 6.94. The van der Waals surface area contributed by atoms with Crippen LogP contribution in [0, 0.1) is 20.8 Å². The number of nitrogens with zero attached hydrogens (tertiary/aromatic N) is 4. The van der Waals surface area contributed by atoms with Crippen molar-refractivity contribution in [2.45, 2.75) is 59.0 Å². The Hall–Kier alpha value is -2.28. The first kappa shape index (κ1) is 18.5. The molecule has 0 spiro atoms. The van der Waals surface area contributed by atoms with Crippen LogP contribution in [0.3, 0.4) is 0 Å². The monoisotopic (exact) mass is 358 g/mol. The number of carbonyl (C=O) groups is 1. The fourth-order valence-electron chi connectivity index (χ4n) is 3.64. The topological polar surface area (TPSA) is 92.4 Å². The number of hydrogen-bond donors (Lipinski definition) is 1. The van der Waals surface area contributed by atoms with Gasteiger partial charge in [0.1, 0.15) is 11.6 Å². The van der Waals surface area contributed by atoms with E-state index in [1.54, 1.807) is 6.20 Å². The molecule has 26 heavy (non-hydrogen) atoms. The van der Waals surface area contributed by atoms with Gasteiger partial charge in [0.2, 0.25) is 5.91 Å². The first-order valence-corrected chi connectivity index (χ1v) is 9.12. The van der Waals surface area contributed by atoms with E-state index in [9.17, 15) is 9.90 Å². The van der Waals surface area contributed by atoms with Gasteiger partial charge >= 0.3 is 0 Å². The van der Waals surface area contributed by atoms with Crippen LogP contribution < -0.4 is 0 Å². The fraction of sp³-hybridized carbons (Fsp3) is 0.579. The first-order chi connectivity index (χ1) is 12.5. The summed E-state index contributed by atoms with van der Waals surface area (Å²) in [6.07, 6.45) is 4.57. The molecule has 7 heteroatoms. The summed E-state index contributed by atoms with van der Waals surface area (Å²) in [5.74, 6) is 1.95. The van der Waals surface area contributed by atoms with E-state index in [0.29, 0.717) is 12.8 Å². The van der Waals surface area contributed by atoms with Crippen molar-refractivity contribution in [3.63, 3.8) is 0 Å². The Morgan fingerprint density at radius 3 is 2.65 bits per heavy atom. The van der Waals surface area contributed by atoms with Crippen LogP contribution in [0.5, 0.6) is 0 Å². The minimum atomic E-state index is -0.0494. The predicted octanol–water partition coefficient (Wildman–Crippen LogP) is 2.22. The molecule has 0 bridgehead atoms. The third-order valence-electron chi connectivity index (χ3n) is 5.19. The molecule has 2 aromatic rings. The van der Waals surface area contributed by atoms with E-state index >= 15 is 0 Å². The van der Waals surface area contributed by atoms with E-state index in [1.807, 2.05) is 25.7 Å². The number of aryl methyl sites for hydroxylation is 3. The average molecular weight is 358 g/mol. The Morgan fingerprint density at radius 1 is 1.31 bits per heavy atom. The largest absolute Gasteiger partial charge is 0.392 e. The molecule has 0 aromatic carbocycles. The lowest BCUT2D eigenvalue weighted by molar-refractivity contribution is -0.132. The zero-order valence-electron chi connectivity index (χ0n) is 15.7. The van der Waals surface area contributed by atoms with Gasteiger partial charge in [0.25, 0.3) is 0 Å². The summed E-state index contributed by atoms with van der Waals surface area (Å²) >= 11 is 0. The number of aromatic nitrogens is 3. The number of aliphatic hydroxyl groups is 1. The lowest BCUT2D eigenvalue weighted by Gasteiger charge is -2.32. The van der Waals surface area contributed by atoms with Crippen molar-refractivity contribution in [1.82, 2.24) is 20.0 Å². The summed E-state index contributed by atoms with van der Waals surface area (Å²) < 4.78 is 5.16. The maximum atomic E-state index is 12.5. The summed E-state index contributed by atoms with van der Waals surface area (Å²) in [7, 11) is 0. The van der Waals surface area contributed by atoms with Crippen molar-refractivity contribution < 1.29 is 14.4 Å². The first-order valence-electron chi connectivity index (χ1n) is 9.12. The van der Waals surface area contributed by atoms with Crippen LogP contribution >= 0.6 is 0 Å². The van der Waals surface area contributed by atoms with Crippen LogP contribution in [0.4, 0.5) is 0 Å². The summed E-state index contributed by atoms with van der Waals surface area (Å²) in [6, 6.07) is 0. The molecule has 3 heterocycles. The third-order valence-corrected chi connectivity index (χ3v) is 5.19. The van der Waals surface area contributed by atoms with Gasteiger partial charge in [-0.15, -0.1) is 0 Å². The Kier molecular flexibility index (Phi) is 5.66. The number of likely N-dealkylation sites (tertiary alicyclic amines) is 1. The van der Waals surface area contributed by atoms with Crippen molar-refractivity contribution >= 4 is 5.91 Å². The van der Waals surface area contributed by atoms with Gasteiger partial charge < -0.3 is 14.5 Å². The molecular formula is C19H26N4O3. The molecule has 2 aromatic heterocycles. The molecule has 1 aliphatic rings. The number of rotatable bonds is 5. The van der Waals surface area contributed by atoms with Crippen LogP contribution in [-0.4, -0.2) is 44.1 Å². The molecule has 0 atom stereocenters. The van der Waals surface area contributed by atoms with Gasteiger partial charge in [-0.3, -0.25) is 4.79 Å². The van der Waals surface area contributed by atoms with Crippen LogP contribution in [0.1, 0.15) is 59.3 Å². The number of carbonyl (C=O) groups excluding carboxylic acids is 1. The van der Waals surface area contributed by atoms with Crippen molar-refractivity contribution in [1.29, 1.82) is 0 Å². The van der Waals surface area contributed by atoms with Gasteiger partial charge in [-0.2, -0.15) is 0 Å². The smallest absolute Gasteiger partial charge is 0.222 e. The Bertz CT molecular complexity index is 760. The maximum Gasteiger partial charge on any atom is 0.222 e. The molecule has 3 rings (SSSR count). The molecular weight excluding hydrogens is 332 g/mol. The van der Waals surface area contributed by atoms with Gasteiger partial charge in [-0.25, -0.2) is 9.97 Å². The normalized spacial score (nSPS) is 15.5. The standard InChI is InChI=1S/C19H26N4O3/c1-12-17(13(2)26-22-12)4-5-18(25)23-8-6-15(7-9-23)19-16(11-24)10-20-14(3)21-19/h10,15,24H,4-9,11H2,1-3H3. The van der Waals surface area contributed by atoms with Crippen LogP contribution in [0.15, 0.2) is 10.7 Å². The lowest BCUT2D eigenvalue weighted by Crippen LogP contribution is -2.38. The molecule has 0 aliphatic carbocycles. The molecule has 1 N–H and O–H groups in total. The number of aliphatic hydroxyl groups excluding tert-OH is 1. The van der Waals surface area contributed by atoms with Gasteiger partial charge in [-0.1, -0.05) is 5.16 Å². The van der Waals surface area contributed by atoms with Crippen molar-refractivity contribution in [3.05, 3.63) is 40.3 Å².